The molecule has 1 rings (SSSR count). The van der Waals surface area contributed by atoms with Gasteiger partial charge in [0.05, 0.1) is 11.8 Å². The van der Waals surface area contributed by atoms with E-state index >= 15 is 0 Å². The van der Waals surface area contributed by atoms with Gasteiger partial charge in [-0.2, -0.15) is 0 Å². The highest BCUT2D eigenvalue weighted by Gasteiger charge is 2.27. The van der Waals surface area contributed by atoms with Gasteiger partial charge in [-0.05, 0) is 19.3 Å². The van der Waals surface area contributed by atoms with E-state index in [-0.39, 0.29) is 24.3 Å². The minimum absolute atomic E-state index is 0.0190. The number of hydrogen-bond donors (Lipinski definition) is 2. The summed E-state index contributed by atoms with van der Waals surface area (Å²) in [4.78, 5) is 35.8. The molecule has 2 N–H and O–H groups in total. The summed E-state index contributed by atoms with van der Waals surface area (Å²) in [5.74, 6) is -1.82. The second-order valence-electron chi connectivity index (χ2n) is 4.99. The van der Waals surface area contributed by atoms with Crippen LogP contribution in [0.1, 0.15) is 33.1 Å². The summed E-state index contributed by atoms with van der Waals surface area (Å²) in [6, 6.07) is 0. The number of piperidine rings is 1. The minimum atomic E-state index is -0.892. The molecule has 1 aliphatic rings. The smallest absolute Gasteiger partial charge is 0.308 e. The summed E-state index contributed by atoms with van der Waals surface area (Å²) in [5, 5.41) is 11.6. The Balaban J connectivity index is 2.44. The first kappa shape index (κ1) is 15.5. The maximum Gasteiger partial charge on any atom is 0.308 e. The molecule has 0 aliphatic carbocycles. The predicted octanol–water partition coefficient (Wildman–Crippen LogP) is 0.472. The second-order valence-corrected chi connectivity index (χ2v) is 4.99. The SMILES string of the molecule is CCC(CNC(=O)C1CCCN(C(C)=O)C1)C(=O)O. The van der Waals surface area contributed by atoms with Gasteiger partial charge in [0.1, 0.15) is 0 Å². The number of rotatable bonds is 5. The largest absolute Gasteiger partial charge is 0.481 e. The van der Waals surface area contributed by atoms with Crippen molar-refractivity contribution in [2.75, 3.05) is 19.6 Å². The van der Waals surface area contributed by atoms with Crippen LogP contribution in [0.4, 0.5) is 0 Å². The minimum Gasteiger partial charge on any atom is -0.481 e. The van der Waals surface area contributed by atoms with Crippen LogP contribution in [0.25, 0.3) is 0 Å². The van der Waals surface area contributed by atoms with Crippen LogP contribution < -0.4 is 5.32 Å². The Labute approximate surface area is 113 Å². The average molecular weight is 270 g/mol. The molecule has 108 valence electrons. The Bertz CT molecular complexity index is 357. The molecule has 0 bridgehead atoms. The molecule has 2 amide bonds. The molecular formula is C13H22N2O4. The number of hydrogen-bond acceptors (Lipinski definition) is 3. The van der Waals surface area contributed by atoms with Gasteiger partial charge in [-0.1, -0.05) is 6.92 Å². The van der Waals surface area contributed by atoms with Crippen LogP contribution in [0.3, 0.4) is 0 Å². The predicted molar refractivity (Wildman–Crippen MR) is 69.4 cm³/mol. The van der Waals surface area contributed by atoms with E-state index < -0.39 is 11.9 Å². The molecule has 0 saturated carbocycles. The number of carbonyl (C=O) groups is 3. The summed E-state index contributed by atoms with van der Waals surface area (Å²) in [7, 11) is 0. The number of nitrogens with one attached hydrogen (secondary N) is 1. The number of carbonyl (C=O) groups excluding carboxylic acids is 2. The first-order valence-electron chi connectivity index (χ1n) is 6.71. The van der Waals surface area contributed by atoms with Crippen LogP contribution in [0.2, 0.25) is 0 Å². The second kappa shape index (κ2) is 7.11. The molecule has 1 heterocycles. The van der Waals surface area contributed by atoms with Gasteiger partial charge in [-0.15, -0.1) is 0 Å². The van der Waals surface area contributed by atoms with E-state index in [2.05, 4.69) is 5.32 Å². The van der Waals surface area contributed by atoms with E-state index in [0.717, 1.165) is 12.8 Å². The van der Waals surface area contributed by atoms with E-state index in [1.165, 1.54) is 6.92 Å². The molecule has 1 aliphatic heterocycles. The topological polar surface area (TPSA) is 86.7 Å². The quantitative estimate of drug-likeness (QED) is 0.760. The van der Waals surface area contributed by atoms with Gasteiger partial charge in [-0.25, -0.2) is 0 Å². The van der Waals surface area contributed by atoms with E-state index in [0.29, 0.717) is 19.5 Å². The van der Waals surface area contributed by atoms with E-state index in [4.69, 9.17) is 5.11 Å². The summed E-state index contributed by atoms with van der Waals surface area (Å²) in [6.07, 6.45) is 2.05. The fourth-order valence-electron chi connectivity index (χ4n) is 2.25. The highest BCUT2D eigenvalue weighted by Crippen LogP contribution is 2.16. The molecule has 0 aromatic carbocycles. The third kappa shape index (κ3) is 4.54. The molecule has 1 saturated heterocycles. The lowest BCUT2D eigenvalue weighted by molar-refractivity contribution is -0.141. The van der Waals surface area contributed by atoms with Gasteiger partial charge in [-0.3, -0.25) is 14.4 Å². The molecule has 2 unspecified atom stereocenters. The average Bonchev–Trinajstić information content (AvgIpc) is 2.38. The summed E-state index contributed by atoms with van der Waals surface area (Å²) in [6.45, 7) is 4.57. The Kier molecular flexibility index (Phi) is 5.79. The zero-order valence-electron chi connectivity index (χ0n) is 11.5. The summed E-state index contributed by atoms with van der Waals surface area (Å²) >= 11 is 0. The highest BCUT2D eigenvalue weighted by atomic mass is 16.4. The zero-order chi connectivity index (χ0) is 14.4. The van der Waals surface area contributed by atoms with Gasteiger partial charge >= 0.3 is 5.97 Å². The molecule has 6 nitrogen and oxygen atoms in total. The zero-order valence-corrected chi connectivity index (χ0v) is 11.5. The number of likely N-dealkylation sites (tertiary alicyclic amines) is 1. The Morgan fingerprint density at radius 2 is 2.11 bits per heavy atom. The highest BCUT2D eigenvalue weighted by molar-refractivity contribution is 5.81. The maximum absolute atomic E-state index is 12.0. The fraction of sp³-hybridized carbons (Fsp3) is 0.769. The molecule has 0 spiro atoms. The standard InChI is InChI=1S/C13H22N2O4/c1-3-10(13(18)19)7-14-12(17)11-5-4-6-15(8-11)9(2)16/h10-11H,3-8H2,1-2H3,(H,14,17)(H,18,19). The molecule has 0 radical (unpaired) electrons. The number of aliphatic carboxylic acids is 1. The lowest BCUT2D eigenvalue weighted by Crippen LogP contribution is -2.45. The van der Waals surface area contributed by atoms with Crippen molar-refractivity contribution in [1.82, 2.24) is 10.2 Å². The molecule has 6 heteroatoms. The fourth-order valence-corrected chi connectivity index (χ4v) is 2.25. The van der Waals surface area contributed by atoms with Crippen LogP contribution in [0.15, 0.2) is 0 Å². The van der Waals surface area contributed by atoms with E-state index in [9.17, 15) is 14.4 Å². The normalized spacial score (nSPS) is 20.7. The molecule has 19 heavy (non-hydrogen) atoms. The van der Waals surface area contributed by atoms with Crippen molar-refractivity contribution in [1.29, 1.82) is 0 Å². The third-order valence-corrected chi connectivity index (χ3v) is 3.60. The maximum atomic E-state index is 12.0. The van der Waals surface area contributed by atoms with Crippen molar-refractivity contribution in [3.05, 3.63) is 0 Å². The molecular weight excluding hydrogens is 248 g/mol. The Morgan fingerprint density at radius 3 is 2.63 bits per heavy atom. The van der Waals surface area contributed by atoms with Crippen LogP contribution in [0, 0.1) is 11.8 Å². The van der Waals surface area contributed by atoms with Gasteiger partial charge in [0.2, 0.25) is 11.8 Å². The van der Waals surface area contributed by atoms with Crippen molar-refractivity contribution in [2.45, 2.75) is 33.1 Å². The van der Waals surface area contributed by atoms with Crippen LogP contribution >= 0.6 is 0 Å². The monoisotopic (exact) mass is 270 g/mol. The number of nitrogens with zero attached hydrogens (tertiary/aromatic N) is 1. The number of carboxylic acids is 1. The number of amides is 2. The van der Waals surface area contributed by atoms with Crippen LogP contribution in [-0.2, 0) is 14.4 Å². The Morgan fingerprint density at radius 1 is 1.42 bits per heavy atom. The molecule has 1 fully saturated rings. The van der Waals surface area contributed by atoms with Crippen molar-refractivity contribution in [3.8, 4) is 0 Å². The lowest BCUT2D eigenvalue weighted by atomic mass is 9.96. The van der Waals surface area contributed by atoms with E-state index in [1.807, 2.05) is 0 Å². The van der Waals surface area contributed by atoms with Gasteiger partial charge in [0, 0.05) is 26.6 Å². The van der Waals surface area contributed by atoms with Crippen LogP contribution in [0.5, 0.6) is 0 Å². The van der Waals surface area contributed by atoms with Crippen molar-refractivity contribution >= 4 is 17.8 Å². The van der Waals surface area contributed by atoms with Gasteiger partial charge in [0.25, 0.3) is 0 Å². The lowest BCUT2D eigenvalue weighted by Gasteiger charge is -2.31. The van der Waals surface area contributed by atoms with Crippen molar-refractivity contribution in [3.63, 3.8) is 0 Å². The van der Waals surface area contributed by atoms with Crippen molar-refractivity contribution in [2.24, 2.45) is 11.8 Å². The Hall–Kier alpha value is -1.59. The first-order chi connectivity index (χ1) is 8.95. The third-order valence-electron chi connectivity index (χ3n) is 3.60. The van der Waals surface area contributed by atoms with Gasteiger partial charge < -0.3 is 15.3 Å². The first-order valence-corrected chi connectivity index (χ1v) is 6.71. The summed E-state index contributed by atoms with van der Waals surface area (Å²) < 4.78 is 0. The van der Waals surface area contributed by atoms with Crippen molar-refractivity contribution < 1.29 is 19.5 Å². The molecule has 0 aromatic rings. The molecule has 2 atom stereocenters. The number of carboxylic acid groups (broad SMARTS) is 1. The van der Waals surface area contributed by atoms with Gasteiger partial charge in [0.15, 0.2) is 0 Å². The van der Waals surface area contributed by atoms with E-state index in [1.54, 1.807) is 11.8 Å². The van der Waals surface area contributed by atoms with Crippen LogP contribution in [-0.4, -0.2) is 47.4 Å². The molecule has 0 aromatic heterocycles. The summed E-state index contributed by atoms with van der Waals surface area (Å²) in [5.41, 5.74) is 0.